The van der Waals surface area contributed by atoms with Gasteiger partial charge in [0.25, 0.3) is 11.5 Å². The van der Waals surface area contributed by atoms with Gasteiger partial charge in [-0.3, -0.25) is 14.7 Å². The molecule has 1 N–H and O–H groups in total. The van der Waals surface area contributed by atoms with Gasteiger partial charge >= 0.3 is 0 Å². The van der Waals surface area contributed by atoms with E-state index in [9.17, 15) is 9.59 Å². The number of hydrogen-bond donors (Lipinski definition) is 1. The number of carbonyl (C=O) groups excluding carboxylic acids is 1. The monoisotopic (exact) mass is 342 g/mol. The first-order valence-corrected chi connectivity index (χ1v) is 8.46. The molecular weight excluding hydrogens is 324 g/mol. The minimum atomic E-state index is -0.253. The quantitative estimate of drug-likeness (QED) is 0.773. The van der Waals surface area contributed by atoms with E-state index < -0.39 is 0 Å². The van der Waals surface area contributed by atoms with Crippen LogP contribution in [-0.4, -0.2) is 39.2 Å². The molecule has 1 amide bonds. The van der Waals surface area contributed by atoms with E-state index in [0.29, 0.717) is 12.2 Å². The lowest BCUT2D eigenvalue weighted by Crippen LogP contribution is -2.29. The number of benzene rings is 1. The Morgan fingerprint density at radius 2 is 2.08 bits per heavy atom. The highest BCUT2D eigenvalue weighted by Crippen LogP contribution is 2.13. The number of hydrogen-bond acceptors (Lipinski definition) is 4. The summed E-state index contributed by atoms with van der Waals surface area (Å²) in [5.41, 5.74) is 3.54. The number of thiazole rings is 1. The van der Waals surface area contributed by atoms with Crippen molar-refractivity contribution < 1.29 is 4.79 Å². The van der Waals surface area contributed by atoms with Crippen LogP contribution in [0.2, 0.25) is 0 Å². The van der Waals surface area contributed by atoms with Gasteiger partial charge in [-0.05, 0) is 19.1 Å². The molecule has 124 valence electrons. The zero-order valence-corrected chi connectivity index (χ0v) is 14.3. The molecule has 2 heterocycles. The maximum Gasteiger partial charge on any atom is 0.271 e. The molecule has 2 aromatic heterocycles. The number of amides is 1. The Morgan fingerprint density at radius 3 is 2.75 bits per heavy atom. The second-order valence-electron chi connectivity index (χ2n) is 5.52. The fourth-order valence-corrected chi connectivity index (χ4v) is 3.19. The highest BCUT2D eigenvalue weighted by Gasteiger charge is 2.16. The zero-order valence-electron chi connectivity index (χ0n) is 13.5. The number of aromatic nitrogens is 3. The highest BCUT2D eigenvalue weighted by molar-refractivity contribution is 7.09. The second-order valence-corrected chi connectivity index (χ2v) is 6.46. The van der Waals surface area contributed by atoms with Crippen molar-refractivity contribution in [3.8, 4) is 5.69 Å². The van der Waals surface area contributed by atoms with Crippen molar-refractivity contribution in [2.45, 2.75) is 13.3 Å². The summed E-state index contributed by atoms with van der Waals surface area (Å²) in [6.45, 7) is 2.53. The number of H-pyrrole nitrogens is 1. The van der Waals surface area contributed by atoms with Crippen molar-refractivity contribution in [2.75, 3.05) is 13.6 Å². The van der Waals surface area contributed by atoms with Crippen LogP contribution in [0.4, 0.5) is 0 Å². The fraction of sp³-hybridized carbons (Fsp3) is 0.235. The van der Waals surface area contributed by atoms with E-state index in [-0.39, 0.29) is 17.2 Å². The molecule has 6 nitrogen and oxygen atoms in total. The number of aryl methyl sites for hydroxylation is 1. The van der Waals surface area contributed by atoms with Gasteiger partial charge in [0.1, 0.15) is 5.69 Å². The predicted molar refractivity (Wildman–Crippen MR) is 93.9 cm³/mol. The second kappa shape index (κ2) is 6.84. The third kappa shape index (κ3) is 3.30. The van der Waals surface area contributed by atoms with Gasteiger partial charge < -0.3 is 4.90 Å². The van der Waals surface area contributed by atoms with Crippen LogP contribution in [0.1, 0.15) is 21.1 Å². The molecule has 0 spiro atoms. The van der Waals surface area contributed by atoms with E-state index in [1.54, 1.807) is 23.3 Å². The van der Waals surface area contributed by atoms with Crippen molar-refractivity contribution in [3.63, 3.8) is 0 Å². The Morgan fingerprint density at radius 1 is 1.33 bits per heavy atom. The van der Waals surface area contributed by atoms with Crippen LogP contribution in [-0.2, 0) is 6.42 Å². The summed E-state index contributed by atoms with van der Waals surface area (Å²) in [4.78, 5) is 31.6. The summed E-state index contributed by atoms with van der Waals surface area (Å²) >= 11 is 1.59. The SMILES string of the molecule is Cc1ncsc1CCN(C)C(=O)c1cc(=O)n(-c2ccccc2)[nH]1. The van der Waals surface area contributed by atoms with Gasteiger partial charge in [0.2, 0.25) is 0 Å². The van der Waals surface area contributed by atoms with Crippen LogP contribution in [0.3, 0.4) is 0 Å². The number of para-hydroxylation sites is 1. The minimum absolute atomic E-state index is 0.205. The van der Waals surface area contributed by atoms with Gasteiger partial charge in [0, 0.05) is 31.0 Å². The average Bonchev–Trinajstić information content (AvgIpc) is 3.18. The average molecular weight is 342 g/mol. The molecule has 0 saturated heterocycles. The molecule has 0 fully saturated rings. The molecular formula is C17H18N4O2S. The van der Waals surface area contributed by atoms with E-state index in [4.69, 9.17) is 0 Å². The number of carbonyl (C=O) groups is 1. The van der Waals surface area contributed by atoms with Crippen LogP contribution in [0.5, 0.6) is 0 Å². The third-order valence-electron chi connectivity index (χ3n) is 3.83. The minimum Gasteiger partial charge on any atom is -0.340 e. The lowest BCUT2D eigenvalue weighted by Gasteiger charge is -2.15. The Hall–Kier alpha value is -2.67. The topological polar surface area (TPSA) is 71.0 Å². The first kappa shape index (κ1) is 16.2. The van der Waals surface area contributed by atoms with Crippen molar-refractivity contribution in [3.05, 3.63) is 68.5 Å². The number of aromatic amines is 1. The molecule has 0 unspecified atom stereocenters. The molecule has 0 radical (unpaired) electrons. The van der Waals surface area contributed by atoms with E-state index in [2.05, 4.69) is 10.1 Å². The third-order valence-corrected chi connectivity index (χ3v) is 4.83. The van der Waals surface area contributed by atoms with E-state index in [1.807, 2.05) is 42.8 Å². The lowest BCUT2D eigenvalue weighted by atomic mass is 10.3. The fourth-order valence-electron chi connectivity index (χ4n) is 2.42. The van der Waals surface area contributed by atoms with E-state index in [0.717, 1.165) is 12.1 Å². The molecule has 0 aliphatic rings. The van der Waals surface area contributed by atoms with Gasteiger partial charge in [-0.2, -0.15) is 0 Å². The molecule has 0 aliphatic heterocycles. The molecule has 0 bridgehead atoms. The summed E-state index contributed by atoms with van der Waals surface area (Å²) in [5, 5.41) is 2.89. The largest absolute Gasteiger partial charge is 0.340 e. The summed E-state index contributed by atoms with van der Waals surface area (Å²) in [7, 11) is 1.73. The Bertz CT molecular complexity index is 895. The molecule has 0 saturated carbocycles. The van der Waals surface area contributed by atoms with Crippen molar-refractivity contribution in [2.24, 2.45) is 0 Å². The molecule has 0 aliphatic carbocycles. The summed E-state index contributed by atoms with van der Waals surface area (Å²) in [6, 6.07) is 10.5. The molecule has 1 aromatic carbocycles. The smallest absolute Gasteiger partial charge is 0.271 e. The Balaban J connectivity index is 1.73. The molecule has 3 aromatic rings. The van der Waals surface area contributed by atoms with E-state index >= 15 is 0 Å². The van der Waals surface area contributed by atoms with Crippen LogP contribution < -0.4 is 5.56 Å². The Kier molecular flexibility index (Phi) is 4.61. The number of rotatable bonds is 5. The first-order valence-electron chi connectivity index (χ1n) is 7.58. The summed E-state index contributed by atoms with van der Waals surface area (Å²) < 4.78 is 1.37. The number of nitrogens with zero attached hydrogens (tertiary/aromatic N) is 3. The van der Waals surface area contributed by atoms with Gasteiger partial charge in [-0.15, -0.1) is 11.3 Å². The summed E-state index contributed by atoms with van der Waals surface area (Å²) in [5.74, 6) is -0.205. The summed E-state index contributed by atoms with van der Waals surface area (Å²) in [6.07, 6.45) is 0.752. The lowest BCUT2D eigenvalue weighted by molar-refractivity contribution is 0.0790. The number of likely N-dealkylation sites (N-methyl/N-ethyl adjacent to an activating group) is 1. The molecule has 0 atom stereocenters. The maximum absolute atomic E-state index is 12.5. The van der Waals surface area contributed by atoms with Crippen LogP contribution in [0.15, 0.2) is 46.7 Å². The number of nitrogens with one attached hydrogen (secondary N) is 1. The predicted octanol–water partition coefficient (Wildman–Crippen LogP) is 2.25. The van der Waals surface area contributed by atoms with Crippen molar-refractivity contribution >= 4 is 17.2 Å². The zero-order chi connectivity index (χ0) is 17.1. The molecule has 3 rings (SSSR count). The normalized spacial score (nSPS) is 10.8. The highest BCUT2D eigenvalue weighted by atomic mass is 32.1. The van der Waals surface area contributed by atoms with Gasteiger partial charge in [0.15, 0.2) is 0 Å². The van der Waals surface area contributed by atoms with Gasteiger partial charge in [-0.25, -0.2) is 9.67 Å². The van der Waals surface area contributed by atoms with Gasteiger partial charge in [0.05, 0.1) is 16.9 Å². The standard InChI is InChI=1S/C17H18N4O2S/c1-12-15(24-11-18-12)8-9-20(2)17(23)14-10-16(22)21(19-14)13-6-4-3-5-7-13/h3-7,10-11,19H,8-9H2,1-2H3. The van der Waals surface area contributed by atoms with E-state index in [1.165, 1.54) is 15.6 Å². The van der Waals surface area contributed by atoms with Crippen LogP contribution in [0, 0.1) is 6.92 Å². The Labute approximate surface area is 143 Å². The maximum atomic E-state index is 12.5. The van der Waals surface area contributed by atoms with Gasteiger partial charge in [-0.1, -0.05) is 18.2 Å². The van der Waals surface area contributed by atoms with Crippen molar-refractivity contribution in [1.29, 1.82) is 0 Å². The molecule has 24 heavy (non-hydrogen) atoms. The van der Waals surface area contributed by atoms with Crippen LogP contribution >= 0.6 is 11.3 Å². The van der Waals surface area contributed by atoms with Crippen LogP contribution in [0.25, 0.3) is 5.69 Å². The first-order chi connectivity index (χ1) is 11.6. The molecule has 7 heteroatoms. The van der Waals surface area contributed by atoms with Crippen molar-refractivity contribution in [1.82, 2.24) is 19.7 Å².